The van der Waals surface area contributed by atoms with Crippen molar-refractivity contribution in [2.45, 2.75) is 26.0 Å². The first kappa shape index (κ1) is 14.1. The number of rotatable bonds is 5. The summed E-state index contributed by atoms with van der Waals surface area (Å²) in [5, 5.41) is 11.9. The number of nitrogens with one attached hydrogen (secondary N) is 1. The Balaban J connectivity index is 1.96. The standard InChI is InChI=1S/C15H17N3O2/c1-11(7-12-3-2-5-16-9-12)18-15(20)14-8-13(10-19)4-6-17-14/h2-6,8-9,11,19H,7,10H2,1H3,(H,18,20). The van der Waals surface area contributed by atoms with Gasteiger partial charge in [-0.1, -0.05) is 6.07 Å². The highest BCUT2D eigenvalue weighted by Crippen LogP contribution is 2.04. The topological polar surface area (TPSA) is 75.1 Å². The van der Waals surface area contributed by atoms with Gasteiger partial charge < -0.3 is 10.4 Å². The van der Waals surface area contributed by atoms with E-state index in [2.05, 4.69) is 15.3 Å². The first-order valence-corrected chi connectivity index (χ1v) is 6.44. The minimum absolute atomic E-state index is 0.0220. The lowest BCUT2D eigenvalue weighted by Gasteiger charge is -2.13. The molecule has 2 aromatic rings. The second-order valence-electron chi connectivity index (χ2n) is 4.65. The van der Waals surface area contributed by atoms with Gasteiger partial charge in [0, 0.05) is 24.6 Å². The summed E-state index contributed by atoms with van der Waals surface area (Å²) >= 11 is 0. The van der Waals surface area contributed by atoms with Crippen molar-refractivity contribution in [1.29, 1.82) is 0 Å². The number of aliphatic hydroxyl groups excluding tert-OH is 1. The molecule has 0 fully saturated rings. The van der Waals surface area contributed by atoms with Crippen molar-refractivity contribution in [2.75, 3.05) is 0 Å². The van der Waals surface area contributed by atoms with E-state index in [4.69, 9.17) is 5.11 Å². The summed E-state index contributed by atoms with van der Waals surface area (Å²) in [7, 11) is 0. The molecule has 0 aliphatic rings. The fraction of sp³-hybridized carbons (Fsp3) is 0.267. The number of nitrogens with zero attached hydrogens (tertiary/aromatic N) is 2. The maximum Gasteiger partial charge on any atom is 0.270 e. The van der Waals surface area contributed by atoms with Crippen LogP contribution in [0.5, 0.6) is 0 Å². The van der Waals surface area contributed by atoms with E-state index in [1.165, 1.54) is 6.20 Å². The van der Waals surface area contributed by atoms with E-state index in [1.54, 1.807) is 24.5 Å². The van der Waals surface area contributed by atoms with Gasteiger partial charge in [-0.25, -0.2) is 0 Å². The molecular formula is C15H17N3O2. The molecule has 0 spiro atoms. The van der Waals surface area contributed by atoms with Crippen LogP contribution in [-0.4, -0.2) is 27.0 Å². The molecule has 1 unspecified atom stereocenters. The molecule has 2 rings (SSSR count). The molecule has 2 aromatic heterocycles. The smallest absolute Gasteiger partial charge is 0.270 e. The zero-order valence-corrected chi connectivity index (χ0v) is 11.3. The Bertz CT molecular complexity index is 572. The summed E-state index contributed by atoms with van der Waals surface area (Å²) in [6.07, 6.45) is 5.73. The molecule has 104 valence electrons. The van der Waals surface area contributed by atoms with Crippen molar-refractivity contribution in [3.05, 3.63) is 59.7 Å². The first-order chi connectivity index (χ1) is 9.69. The second-order valence-corrected chi connectivity index (χ2v) is 4.65. The number of carbonyl (C=O) groups is 1. The van der Waals surface area contributed by atoms with Crippen LogP contribution in [0, 0.1) is 0 Å². The summed E-state index contributed by atoms with van der Waals surface area (Å²) in [6.45, 7) is 1.83. The number of amides is 1. The predicted octanol–water partition coefficient (Wildman–Crippen LogP) is 1.33. The highest BCUT2D eigenvalue weighted by Gasteiger charge is 2.12. The summed E-state index contributed by atoms with van der Waals surface area (Å²) in [5.41, 5.74) is 2.05. The quantitative estimate of drug-likeness (QED) is 0.860. The first-order valence-electron chi connectivity index (χ1n) is 6.44. The van der Waals surface area contributed by atoms with Crippen LogP contribution < -0.4 is 5.32 Å². The van der Waals surface area contributed by atoms with E-state index in [-0.39, 0.29) is 18.6 Å². The summed E-state index contributed by atoms with van der Waals surface area (Å²) in [6, 6.07) is 7.09. The van der Waals surface area contributed by atoms with Gasteiger partial charge >= 0.3 is 0 Å². The van der Waals surface area contributed by atoms with Gasteiger partial charge in [0.2, 0.25) is 0 Å². The average molecular weight is 271 g/mol. The number of hydrogen-bond acceptors (Lipinski definition) is 4. The Kier molecular flexibility index (Phi) is 4.79. The third kappa shape index (κ3) is 3.86. The minimum Gasteiger partial charge on any atom is -0.392 e. The van der Waals surface area contributed by atoms with E-state index >= 15 is 0 Å². The molecule has 5 heteroatoms. The minimum atomic E-state index is -0.239. The maximum atomic E-state index is 12.0. The SMILES string of the molecule is CC(Cc1cccnc1)NC(=O)c1cc(CO)ccn1. The lowest BCUT2D eigenvalue weighted by Crippen LogP contribution is -2.34. The molecule has 5 nitrogen and oxygen atoms in total. The fourth-order valence-electron chi connectivity index (χ4n) is 1.92. The number of hydrogen-bond donors (Lipinski definition) is 2. The Labute approximate surface area is 117 Å². The predicted molar refractivity (Wildman–Crippen MR) is 75.0 cm³/mol. The van der Waals surface area contributed by atoms with E-state index in [9.17, 15) is 4.79 Å². The molecule has 0 bridgehead atoms. The molecule has 0 aliphatic heterocycles. The highest BCUT2D eigenvalue weighted by molar-refractivity contribution is 5.92. The van der Waals surface area contributed by atoms with E-state index in [0.29, 0.717) is 17.7 Å². The van der Waals surface area contributed by atoms with Gasteiger partial charge in [-0.3, -0.25) is 14.8 Å². The molecule has 2 N–H and O–H groups in total. The number of aromatic nitrogens is 2. The molecule has 1 amide bonds. The summed E-state index contributed by atoms with van der Waals surface area (Å²) < 4.78 is 0. The van der Waals surface area contributed by atoms with Crippen LogP contribution in [-0.2, 0) is 13.0 Å². The monoisotopic (exact) mass is 271 g/mol. The van der Waals surface area contributed by atoms with Gasteiger partial charge in [-0.15, -0.1) is 0 Å². The average Bonchev–Trinajstić information content (AvgIpc) is 2.48. The van der Waals surface area contributed by atoms with E-state index in [0.717, 1.165) is 5.56 Å². The molecule has 0 radical (unpaired) electrons. The van der Waals surface area contributed by atoms with E-state index < -0.39 is 0 Å². The number of aliphatic hydroxyl groups is 1. The molecule has 20 heavy (non-hydrogen) atoms. The molecule has 0 aromatic carbocycles. The highest BCUT2D eigenvalue weighted by atomic mass is 16.3. The van der Waals surface area contributed by atoms with Crippen LogP contribution in [0.4, 0.5) is 0 Å². The van der Waals surface area contributed by atoms with Crippen LogP contribution in [0.1, 0.15) is 28.5 Å². The van der Waals surface area contributed by atoms with Gasteiger partial charge in [0.15, 0.2) is 0 Å². The Morgan fingerprint density at radius 3 is 2.90 bits per heavy atom. The lowest BCUT2D eigenvalue weighted by atomic mass is 10.1. The van der Waals surface area contributed by atoms with Crippen molar-refractivity contribution < 1.29 is 9.90 Å². The van der Waals surface area contributed by atoms with Gasteiger partial charge in [0.25, 0.3) is 5.91 Å². The van der Waals surface area contributed by atoms with Crippen LogP contribution in [0.2, 0.25) is 0 Å². The third-order valence-corrected chi connectivity index (χ3v) is 2.88. The number of pyridine rings is 2. The zero-order chi connectivity index (χ0) is 14.4. The molecule has 0 aliphatic carbocycles. The molecular weight excluding hydrogens is 254 g/mol. The van der Waals surface area contributed by atoms with Crippen LogP contribution in [0.25, 0.3) is 0 Å². The molecule has 1 atom stereocenters. The lowest BCUT2D eigenvalue weighted by molar-refractivity contribution is 0.0935. The normalized spacial score (nSPS) is 11.9. The Morgan fingerprint density at radius 1 is 1.35 bits per heavy atom. The van der Waals surface area contributed by atoms with Crippen LogP contribution >= 0.6 is 0 Å². The maximum absolute atomic E-state index is 12.0. The zero-order valence-electron chi connectivity index (χ0n) is 11.3. The molecule has 2 heterocycles. The van der Waals surface area contributed by atoms with Crippen molar-refractivity contribution in [2.24, 2.45) is 0 Å². The van der Waals surface area contributed by atoms with Crippen LogP contribution in [0.15, 0.2) is 42.9 Å². The molecule has 0 saturated heterocycles. The number of carbonyl (C=O) groups excluding carboxylic acids is 1. The van der Waals surface area contributed by atoms with Gasteiger partial charge in [0.05, 0.1) is 6.61 Å². The van der Waals surface area contributed by atoms with Crippen molar-refractivity contribution in [3.8, 4) is 0 Å². The third-order valence-electron chi connectivity index (χ3n) is 2.88. The molecule has 0 saturated carbocycles. The summed E-state index contributed by atoms with van der Waals surface area (Å²) in [4.78, 5) is 20.1. The van der Waals surface area contributed by atoms with Crippen LogP contribution in [0.3, 0.4) is 0 Å². The van der Waals surface area contributed by atoms with Gasteiger partial charge in [-0.2, -0.15) is 0 Å². The van der Waals surface area contributed by atoms with E-state index in [1.807, 2.05) is 19.1 Å². The van der Waals surface area contributed by atoms with Gasteiger partial charge in [-0.05, 0) is 42.7 Å². The second kappa shape index (κ2) is 6.77. The van der Waals surface area contributed by atoms with Crippen molar-refractivity contribution in [3.63, 3.8) is 0 Å². The largest absolute Gasteiger partial charge is 0.392 e. The van der Waals surface area contributed by atoms with Gasteiger partial charge in [0.1, 0.15) is 5.69 Å². The van der Waals surface area contributed by atoms with Crippen molar-refractivity contribution in [1.82, 2.24) is 15.3 Å². The fourth-order valence-corrected chi connectivity index (χ4v) is 1.92. The van der Waals surface area contributed by atoms with Crippen molar-refractivity contribution >= 4 is 5.91 Å². The Hall–Kier alpha value is -2.27. The summed E-state index contributed by atoms with van der Waals surface area (Å²) in [5.74, 6) is -0.239. The Morgan fingerprint density at radius 2 is 2.20 bits per heavy atom.